The third-order valence-corrected chi connectivity index (χ3v) is 5.80. The Morgan fingerprint density at radius 2 is 2.22 bits per heavy atom. The van der Waals surface area contributed by atoms with Crippen molar-refractivity contribution in [1.82, 2.24) is 14.5 Å². The summed E-state index contributed by atoms with van der Waals surface area (Å²) in [6, 6.07) is 3.20. The molecule has 4 rings (SSSR count). The van der Waals surface area contributed by atoms with Gasteiger partial charge in [-0.1, -0.05) is 22.9 Å². The fraction of sp³-hybridized carbons (Fsp3) is 0.294. The highest BCUT2D eigenvalue weighted by Crippen LogP contribution is 2.34. The number of likely N-dealkylation sites (N-methyl/N-ethyl adjacent to an activating group) is 1. The molecule has 1 aromatic carbocycles. The second-order valence-corrected chi connectivity index (χ2v) is 7.66. The quantitative estimate of drug-likeness (QED) is 0.717. The number of Topliss-reactive ketones (excluding diaryl/α,β-unsaturated/α-hetero) is 1. The molecule has 0 saturated heterocycles. The molecule has 1 atom stereocenters. The standard InChI is InChI=1S/C17H16ClN5O3S/c1-8-15(25)14-16(22(8)2)19-7-23(14)6-13(24)21-17-20-10-5-11(26-3)9(18)4-12(10)27-17/h4-5,7-8H,6H2,1-3H3,(H,20,21,24). The van der Waals surface area contributed by atoms with Gasteiger partial charge in [-0.3, -0.25) is 9.59 Å². The van der Waals surface area contributed by atoms with Gasteiger partial charge < -0.3 is 19.5 Å². The molecular formula is C17H16ClN5O3S. The number of aromatic nitrogens is 3. The minimum Gasteiger partial charge on any atom is -0.495 e. The van der Waals surface area contributed by atoms with Crippen LogP contribution in [0.3, 0.4) is 0 Å². The van der Waals surface area contributed by atoms with Gasteiger partial charge in [0.2, 0.25) is 11.7 Å². The average Bonchev–Trinajstić information content (AvgIpc) is 3.26. The molecule has 2 aromatic heterocycles. The number of carbonyl (C=O) groups is 2. The van der Waals surface area contributed by atoms with E-state index in [0.29, 0.717) is 32.9 Å². The van der Waals surface area contributed by atoms with Crippen molar-refractivity contribution in [2.24, 2.45) is 0 Å². The van der Waals surface area contributed by atoms with Crippen molar-refractivity contribution in [2.75, 3.05) is 24.4 Å². The number of amides is 1. The molecule has 1 aliphatic heterocycles. The number of rotatable bonds is 4. The van der Waals surface area contributed by atoms with E-state index in [1.54, 1.807) is 21.6 Å². The van der Waals surface area contributed by atoms with E-state index >= 15 is 0 Å². The Balaban J connectivity index is 1.54. The fourth-order valence-electron chi connectivity index (χ4n) is 3.01. The van der Waals surface area contributed by atoms with Crippen LogP contribution in [0.25, 0.3) is 10.2 Å². The van der Waals surface area contributed by atoms with E-state index < -0.39 is 0 Å². The molecule has 8 nitrogen and oxygen atoms in total. The first kappa shape index (κ1) is 17.7. The number of carbonyl (C=O) groups excluding carboxylic acids is 2. The molecule has 0 aliphatic carbocycles. The Kier molecular flexibility index (Phi) is 4.27. The van der Waals surface area contributed by atoms with Gasteiger partial charge >= 0.3 is 0 Å². The lowest BCUT2D eigenvalue weighted by Crippen LogP contribution is -2.29. The lowest BCUT2D eigenvalue weighted by Gasteiger charge is -2.14. The first-order valence-electron chi connectivity index (χ1n) is 8.15. The monoisotopic (exact) mass is 405 g/mol. The van der Waals surface area contributed by atoms with Crippen molar-refractivity contribution in [3.8, 4) is 5.75 Å². The third-order valence-electron chi connectivity index (χ3n) is 4.57. The molecule has 10 heteroatoms. The number of thiazole rings is 1. The van der Waals surface area contributed by atoms with E-state index in [9.17, 15) is 9.59 Å². The van der Waals surface area contributed by atoms with Crippen LogP contribution in [0.5, 0.6) is 5.75 Å². The number of hydrogen-bond donors (Lipinski definition) is 1. The molecule has 0 bridgehead atoms. The number of ether oxygens (including phenoxy) is 1. The van der Waals surface area contributed by atoms with Gasteiger partial charge in [0.25, 0.3) is 0 Å². The zero-order chi connectivity index (χ0) is 19.3. The summed E-state index contributed by atoms with van der Waals surface area (Å²) < 4.78 is 7.59. The first-order chi connectivity index (χ1) is 12.9. The minimum atomic E-state index is -0.290. The Morgan fingerprint density at radius 3 is 2.96 bits per heavy atom. The molecule has 3 heterocycles. The van der Waals surface area contributed by atoms with Gasteiger partial charge in [0.1, 0.15) is 18.0 Å². The van der Waals surface area contributed by atoms with Crippen LogP contribution in [0, 0.1) is 0 Å². The molecule has 140 valence electrons. The Bertz CT molecular complexity index is 1080. The topological polar surface area (TPSA) is 89.3 Å². The number of hydrogen-bond acceptors (Lipinski definition) is 7. The van der Waals surface area contributed by atoms with E-state index in [4.69, 9.17) is 16.3 Å². The molecule has 1 unspecified atom stereocenters. The van der Waals surface area contributed by atoms with Crippen LogP contribution >= 0.6 is 22.9 Å². The fourth-order valence-corrected chi connectivity index (χ4v) is 4.22. The van der Waals surface area contributed by atoms with Crippen LogP contribution in [0.15, 0.2) is 18.5 Å². The molecule has 1 aliphatic rings. The number of benzene rings is 1. The average molecular weight is 406 g/mol. The second kappa shape index (κ2) is 6.50. The lowest BCUT2D eigenvalue weighted by atomic mass is 10.2. The minimum absolute atomic E-state index is 0.0192. The molecule has 1 N–H and O–H groups in total. The molecule has 1 amide bonds. The summed E-state index contributed by atoms with van der Waals surface area (Å²) in [7, 11) is 3.34. The smallest absolute Gasteiger partial charge is 0.246 e. The molecule has 3 aromatic rings. The summed E-state index contributed by atoms with van der Waals surface area (Å²) in [5.41, 5.74) is 1.15. The van der Waals surface area contributed by atoms with Crippen molar-refractivity contribution in [3.63, 3.8) is 0 Å². The van der Waals surface area contributed by atoms with Gasteiger partial charge in [0.05, 0.1) is 34.7 Å². The van der Waals surface area contributed by atoms with Crippen molar-refractivity contribution in [1.29, 1.82) is 0 Å². The highest BCUT2D eigenvalue weighted by molar-refractivity contribution is 7.22. The maximum Gasteiger partial charge on any atom is 0.246 e. The molecule has 0 spiro atoms. The van der Waals surface area contributed by atoms with Crippen molar-refractivity contribution in [2.45, 2.75) is 19.5 Å². The largest absolute Gasteiger partial charge is 0.495 e. The third kappa shape index (κ3) is 2.92. The van der Waals surface area contributed by atoms with Crippen LogP contribution < -0.4 is 15.0 Å². The van der Waals surface area contributed by atoms with Crippen LogP contribution in [-0.4, -0.2) is 46.4 Å². The highest BCUT2D eigenvalue weighted by atomic mass is 35.5. The first-order valence-corrected chi connectivity index (χ1v) is 9.34. The number of fused-ring (bicyclic) bond motifs is 2. The van der Waals surface area contributed by atoms with Gasteiger partial charge in [-0.15, -0.1) is 0 Å². The van der Waals surface area contributed by atoms with Crippen LogP contribution in [0.1, 0.15) is 17.4 Å². The van der Waals surface area contributed by atoms with Gasteiger partial charge in [-0.05, 0) is 13.0 Å². The number of anilines is 2. The lowest BCUT2D eigenvalue weighted by molar-refractivity contribution is -0.116. The maximum absolute atomic E-state index is 12.4. The molecular weight excluding hydrogens is 390 g/mol. The number of methoxy groups -OCH3 is 1. The van der Waals surface area contributed by atoms with E-state index in [0.717, 1.165) is 4.70 Å². The summed E-state index contributed by atoms with van der Waals surface area (Å²) in [4.78, 5) is 35.3. The predicted molar refractivity (Wildman–Crippen MR) is 104 cm³/mol. The summed E-state index contributed by atoms with van der Waals surface area (Å²) in [5.74, 6) is 0.793. The predicted octanol–water partition coefficient (Wildman–Crippen LogP) is 2.81. The summed E-state index contributed by atoms with van der Waals surface area (Å²) in [6.45, 7) is 1.80. The normalized spacial score (nSPS) is 16.1. The number of nitrogens with one attached hydrogen (secondary N) is 1. The SMILES string of the molecule is COc1cc2nc(NC(=O)Cn3cnc4c3C(=O)C(C)N4C)sc2cc1Cl. The number of halogens is 1. The zero-order valence-electron chi connectivity index (χ0n) is 14.8. The zero-order valence-corrected chi connectivity index (χ0v) is 16.4. The van der Waals surface area contributed by atoms with E-state index in [1.165, 1.54) is 24.8 Å². The van der Waals surface area contributed by atoms with E-state index in [-0.39, 0.29) is 24.3 Å². The highest BCUT2D eigenvalue weighted by Gasteiger charge is 2.36. The summed E-state index contributed by atoms with van der Waals surface area (Å²) >= 11 is 7.44. The van der Waals surface area contributed by atoms with Gasteiger partial charge in [0.15, 0.2) is 10.9 Å². The van der Waals surface area contributed by atoms with Crippen LogP contribution in [0.2, 0.25) is 5.02 Å². The van der Waals surface area contributed by atoms with Crippen LogP contribution in [0.4, 0.5) is 10.9 Å². The summed E-state index contributed by atoms with van der Waals surface area (Å²) in [6.07, 6.45) is 1.51. The van der Waals surface area contributed by atoms with Crippen molar-refractivity contribution < 1.29 is 14.3 Å². The van der Waals surface area contributed by atoms with E-state index in [1.807, 2.05) is 14.0 Å². The summed E-state index contributed by atoms with van der Waals surface area (Å²) in [5, 5.41) is 3.70. The number of ketones is 1. The Labute approximate surface area is 163 Å². The van der Waals surface area contributed by atoms with Crippen molar-refractivity contribution >= 4 is 55.8 Å². The Morgan fingerprint density at radius 1 is 1.44 bits per heavy atom. The number of nitrogens with zero attached hydrogens (tertiary/aromatic N) is 4. The second-order valence-electron chi connectivity index (χ2n) is 6.22. The van der Waals surface area contributed by atoms with E-state index in [2.05, 4.69) is 15.3 Å². The molecule has 0 radical (unpaired) electrons. The molecule has 0 saturated carbocycles. The number of imidazole rings is 1. The Hall–Kier alpha value is -2.65. The molecule has 0 fully saturated rings. The maximum atomic E-state index is 12.4. The van der Waals surface area contributed by atoms with Crippen LogP contribution in [-0.2, 0) is 11.3 Å². The van der Waals surface area contributed by atoms with Crippen molar-refractivity contribution in [3.05, 3.63) is 29.2 Å². The molecule has 27 heavy (non-hydrogen) atoms. The van der Waals surface area contributed by atoms with Gasteiger partial charge in [-0.25, -0.2) is 9.97 Å². The van der Waals surface area contributed by atoms with Gasteiger partial charge in [0, 0.05) is 13.1 Å². The van der Waals surface area contributed by atoms with Gasteiger partial charge in [-0.2, -0.15) is 0 Å².